The van der Waals surface area contributed by atoms with Crippen LogP contribution in [0.2, 0.25) is 0 Å². The Balaban J connectivity index is 4.00. The Morgan fingerprint density at radius 2 is 0.562 bits per heavy atom. The first-order valence-electron chi connectivity index (χ1n) is 39.2. The number of likely N-dealkylation sites (N-methyl/N-ethyl adjacent to an activating group) is 1. The summed E-state index contributed by atoms with van der Waals surface area (Å²) in [7, 11) is 1.46. The SMILES string of the molecule is CC/C=C\C/C=C\C/C=C\C/C=C\C/C=C\C/C=C\C/C=C\C/C=C\CCCCCCCCC(=O)OC(COC(=O)CCCCCCCCCCCCCCCCCCCCCCCCCCC/C=C\C/C=C\C/C=C\C/C=C\C/C=C\CC)COP(=O)(O)OCC[N+](C)(C)C. The van der Waals surface area contributed by atoms with E-state index in [1.807, 2.05) is 21.1 Å². The van der Waals surface area contributed by atoms with E-state index in [9.17, 15) is 19.0 Å². The topological polar surface area (TPSA) is 108 Å². The van der Waals surface area contributed by atoms with Gasteiger partial charge in [0, 0.05) is 12.8 Å². The van der Waals surface area contributed by atoms with Crippen LogP contribution in [0.5, 0.6) is 0 Å². The zero-order valence-electron chi connectivity index (χ0n) is 62.6. The Bertz CT molecular complexity index is 2180. The van der Waals surface area contributed by atoms with Gasteiger partial charge in [0.25, 0.3) is 0 Å². The molecule has 0 aliphatic carbocycles. The number of ether oxygens (including phenoxy) is 2. The van der Waals surface area contributed by atoms with Gasteiger partial charge >= 0.3 is 19.8 Å². The molecule has 0 saturated carbocycles. The lowest BCUT2D eigenvalue weighted by molar-refractivity contribution is -0.870. The van der Waals surface area contributed by atoms with Gasteiger partial charge in [-0.25, -0.2) is 4.57 Å². The summed E-state index contributed by atoms with van der Waals surface area (Å²) in [4.78, 5) is 36.0. The van der Waals surface area contributed by atoms with Gasteiger partial charge in [0.2, 0.25) is 0 Å². The Labute approximate surface area is 592 Å². The average Bonchev–Trinajstić information content (AvgIpc) is 1.97. The highest BCUT2D eigenvalue weighted by Crippen LogP contribution is 2.43. The fraction of sp³-hybridized carbons (Fsp3) is 0.674. The van der Waals surface area contributed by atoms with Crippen molar-refractivity contribution in [2.45, 2.75) is 328 Å². The monoisotopic (exact) mass is 1350 g/mol. The van der Waals surface area contributed by atoms with Crippen LogP contribution in [-0.2, 0) is 32.7 Å². The minimum absolute atomic E-state index is 0.0227. The summed E-state index contributed by atoms with van der Waals surface area (Å²) in [6.07, 6.45) is 112. The number of carbonyl (C=O) groups excluding carboxylic acids is 2. The first kappa shape index (κ1) is 91.6. The Morgan fingerprint density at radius 3 is 0.833 bits per heavy atom. The quantitative estimate of drug-likeness (QED) is 0.0211. The molecule has 0 aromatic heterocycles. The predicted octanol–water partition coefficient (Wildman–Crippen LogP) is 26.3. The number of phosphoric ester groups is 1. The van der Waals surface area contributed by atoms with Gasteiger partial charge in [-0.3, -0.25) is 18.6 Å². The fourth-order valence-electron chi connectivity index (χ4n) is 10.6. The van der Waals surface area contributed by atoms with Crippen LogP contribution in [0.1, 0.15) is 322 Å². The van der Waals surface area contributed by atoms with Crippen molar-refractivity contribution in [2.75, 3.05) is 47.5 Å². The first-order chi connectivity index (χ1) is 47.0. The van der Waals surface area contributed by atoms with Crippen LogP contribution in [-0.4, -0.2) is 74.9 Å². The highest BCUT2D eigenvalue weighted by molar-refractivity contribution is 7.47. The van der Waals surface area contributed by atoms with Gasteiger partial charge in [-0.2, -0.15) is 0 Å². The maximum Gasteiger partial charge on any atom is 0.472 e. The molecule has 0 radical (unpaired) electrons. The first-order valence-corrected chi connectivity index (χ1v) is 40.7. The van der Waals surface area contributed by atoms with E-state index in [-0.39, 0.29) is 32.0 Å². The summed E-state index contributed by atoms with van der Waals surface area (Å²) in [6.45, 7) is 4.20. The number of nitrogens with zero attached hydrogens (tertiary/aromatic N) is 1. The minimum Gasteiger partial charge on any atom is -0.462 e. The minimum atomic E-state index is -4.41. The van der Waals surface area contributed by atoms with Crippen molar-refractivity contribution < 1.29 is 42.1 Å². The smallest absolute Gasteiger partial charge is 0.462 e. The third kappa shape index (κ3) is 78.6. The molecule has 0 bridgehead atoms. The van der Waals surface area contributed by atoms with Gasteiger partial charge < -0.3 is 18.9 Å². The van der Waals surface area contributed by atoms with E-state index in [1.54, 1.807) is 0 Å². The molecule has 0 saturated heterocycles. The van der Waals surface area contributed by atoms with Gasteiger partial charge in [0.1, 0.15) is 19.8 Å². The van der Waals surface area contributed by atoms with E-state index < -0.39 is 26.5 Å². The highest BCUT2D eigenvalue weighted by atomic mass is 31.2. The molecular formula is C86H147NO8P+. The summed E-state index contributed by atoms with van der Waals surface area (Å²) in [5.41, 5.74) is 0. The largest absolute Gasteiger partial charge is 0.472 e. The van der Waals surface area contributed by atoms with Crippen molar-refractivity contribution in [2.24, 2.45) is 0 Å². The zero-order chi connectivity index (χ0) is 69.7. The van der Waals surface area contributed by atoms with Crippen LogP contribution >= 0.6 is 7.82 Å². The second-order valence-corrected chi connectivity index (χ2v) is 28.4. The molecule has 2 atom stereocenters. The number of carbonyl (C=O) groups is 2. The second-order valence-electron chi connectivity index (χ2n) is 27.0. The molecule has 2 unspecified atom stereocenters. The molecule has 1 N–H and O–H groups in total. The lowest BCUT2D eigenvalue weighted by Crippen LogP contribution is -2.37. The third-order valence-electron chi connectivity index (χ3n) is 16.6. The predicted molar refractivity (Wildman–Crippen MR) is 417 cm³/mol. The van der Waals surface area contributed by atoms with Crippen molar-refractivity contribution in [3.05, 3.63) is 158 Å². The van der Waals surface area contributed by atoms with Crippen LogP contribution in [0.3, 0.4) is 0 Å². The van der Waals surface area contributed by atoms with Gasteiger partial charge in [0.15, 0.2) is 6.10 Å². The zero-order valence-corrected chi connectivity index (χ0v) is 63.5. The molecule has 0 aliphatic rings. The lowest BCUT2D eigenvalue weighted by Gasteiger charge is -2.24. The molecule has 0 heterocycles. The molecule has 96 heavy (non-hydrogen) atoms. The number of hydrogen-bond donors (Lipinski definition) is 1. The third-order valence-corrected chi connectivity index (χ3v) is 17.5. The van der Waals surface area contributed by atoms with Crippen LogP contribution in [0.4, 0.5) is 0 Å². The number of quaternary nitrogens is 1. The molecule has 0 fully saturated rings. The summed E-state index contributed by atoms with van der Waals surface area (Å²) in [5, 5.41) is 0. The molecule has 548 valence electrons. The van der Waals surface area contributed by atoms with Crippen molar-refractivity contribution in [3.8, 4) is 0 Å². The van der Waals surface area contributed by atoms with Crippen molar-refractivity contribution in [1.82, 2.24) is 0 Å². The number of unbranched alkanes of at least 4 members (excludes halogenated alkanes) is 31. The van der Waals surface area contributed by atoms with Crippen LogP contribution < -0.4 is 0 Å². The van der Waals surface area contributed by atoms with Gasteiger partial charge in [-0.15, -0.1) is 0 Å². The highest BCUT2D eigenvalue weighted by Gasteiger charge is 2.27. The normalized spacial score (nSPS) is 13.9. The van der Waals surface area contributed by atoms with Crippen molar-refractivity contribution in [3.63, 3.8) is 0 Å². The molecule has 0 amide bonds. The van der Waals surface area contributed by atoms with E-state index in [0.717, 1.165) is 141 Å². The molecule has 0 spiro atoms. The Morgan fingerprint density at radius 1 is 0.323 bits per heavy atom. The Kier molecular flexibility index (Phi) is 71.4. The fourth-order valence-corrected chi connectivity index (χ4v) is 11.4. The van der Waals surface area contributed by atoms with Gasteiger partial charge in [-0.1, -0.05) is 345 Å². The van der Waals surface area contributed by atoms with Crippen LogP contribution in [0.15, 0.2) is 158 Å². The van der Waals surface area contributed by atoms with E-state index >= 15 is 0 Å². The van der Waals surface area contributed by atoms with Crippen LogP contribution in [0.25, 0.3) is 0 Å². The van der Waals surface area contributed by atoms with Gasteiger partial charge in [-0.05, 0) is 122 Å². The Hall–Kier alpha value is -4.37. The number of esters is 2. The van der Waals surface area contributed by atoms with E-state index in [2.05, 4.69) is 172 Å². The summed E-state index contributed by atoms with van der Waals surface area (Å²) >= 11 is 0. The van der Waals surface area contributed by atoms with Crippen molar-refractivity contribution in [1.29, 1.82) is 0 Å². The summed E-state index contributed by atoms with van der Waals surface area (Å²) in [5.74, 6) is -0.812. The number of rotatable bonds is 71. The van der Waals surface area contributed by atoms with E-state index in [1.165, 1.54) is 148 Å². The van der Waals surface area contributed by atoms with E-state index in [0.29, 0.717) is 17.4 Å². The molecule has 10 heteroatoms. The maximum atomic E-state index is 12.9. The molecule has 0 aliphatic heterocycles. The second kappa shape index (κ2) is 74.8. The number of hydrogen-bond acceptors (Lipinski definition) is 7. The summed E-state index contributed by atoms with van der Waals surface area (Å²) in [6, 6.07) is 0. The molecule has 0 aromatic carbocycles. The molecule has 0 aromatic rings. The molecule has 9 nitrogen and oxygen atoms in total. The molecule has 0 rings (SSSR count). The molecular weight excluding hydrogens is 1210 g/mol. The number of phosphoric acid groups is 1. The summed E-state index contributed by atoms with van der Waals surface area (Å²) < 4.78 is 34.8. The van der Waals surface area contributed by atoms with Gasteiger partial charge in [0.05, 0.1) is 27.7 Å². The number of allylic oxidation sites excluding steroid dienone is 26. The average molecular weight is 1350 g/mol. The maximum absolute atomic E-state index is 12.9. The lowest BCUT2D eigenvalue weighted by atomic mass is 10.0. The standard InChI is InChI=1S/C86H146NO8P/c1-6-8-10-12-14-16-18-20-22-24-26-28-30-32-34-36-38-39-40-41-42-43-44-45-46-47-49-50-52-54-56-58-60-62-64-66-68-70-72-74-76-78-85(88)92-82-84(83-94-96(90,91)93-81-80-87(3,4)5)95-86(89)79-77-75-73-71-69-67-65-63-61-59-57-55-53-51-48-37-35-33-31-29-27-25-23-21-19-17-15-13-11-9-7-2/h8-11,14-17,20-23,26-29,32-35,48,51,55,57,61,63,84H,6-7,12-13,18-19,24-25,30-31,36-47,49-50,52-54,56,58-60,62,64-83H2,1-5H3/p+1/b10-8-,11-9-,16-14-,17-15-,22-20-,23-21-,28-26-,29-27-,34-32-,35-33-,51-48-,57-55-,63-61-. The van der Waals surface area contributed by atoms with E-state index in [4.69, 9.17) is 18.5 Å². The van der Waals surface area contributed by atoms with Crippen molar-refractivity contribution >= 4 is 19.8 Å². The van der Waals surface area contributed by atoms with Crippen LogP contribution in [0, 0.1) is 0 Å².